The van der Waals surface area contributed by atoms with Crippen molar-refractivity contribution in [2.24, 2.45) is 0 Å². The van der Waals surface area contributed by atoms with Gasteiger partial charge in [-0.3, -0.25) is 4.79 Å². The topological polar surface area (TPSA) is 46.9 Å². The van der Waals surface area contributed by atoms with Gasteiger partial charge >= 0.3 is 0 Å². The van der Waals surface area contributed by atoms with Gasteiger partial charge in [-0.2, -0.15) is 5.10 Å². The molecule has 0 bridgehead atoms. The summed E-state index contributed by atoms with van der Waals surface area (Å²) >= 11 is 0. The van der Waals surface area contributed by atoms with Crippen LogP contribution >= 0.6 is 0 Å². The van der Waals surface area contributed by atoms with Gasteiger partial charge < -0.3 is 5.32 Å². The van der Waals surface area contributed by atoms with Crippen LogP contribution in [0.4, 0.5) is 0 Å². The Morgan fingerprint density at radius 3 is 2.76 bits per heavy atom. The fourth-order valence-electron chi connectivity index (χ4n) is 1.78. The summed E-state index contributed by atoms with van der Waals surface area (Å²) in [6, 6.07) is 2.58. The first-order valence-corrected chi connectivity index (χ1v) is 6.46. The number of hydrogen-bond donors (Lipinski definition) is 1. The van der Waals surface area contributed by atoms with Crippen LogP contribution in [0.3, 0.4) is 0 Å². The van der Waals surface area contributed by atoms with Gasteiger partial charge in [-0.25, -0.2) is 4.68 Å². The highest BCUT2D eigenvalue weighted by Crippen LogP contribution is 2.19. The van der Waals surface area contributed by atoms with Gasteiger partial charge in [0.2, 0.25) is 0 Å². The van der Waals surface area contributed by atoms with Crippen molar-refractivity contribution in [1.29, 1.82) is 0 Å². The lowest BCUT2D eigenvalue weighted by atomic mass is 10.1. The number of hydrogen-bond acceptors (Lipinski definition) is 3. The third-order valence-electron chi connectivity index (χ3n) is 3.12. The molecular weight excluding hydrogens is 214 g/mol. The van der Waals surface area contributed by atoms with Crippen molar-refractivity contribution in [3.8, 4) is 0 Å². The molecule has 4 nitrogen and oxygen atoms in total. The van der Waals surface area contributed by atoms with Crippen LogP contribution in [0.1, 0.15) is 50.8 Å². The highest BCUT2D eigenvalue weighted by molar-refractivity contribution is 5.16. The second-order valence-corrected chi connectivity index (χ2v) is 5.03. The van der Waals surface area contributed by atoms with E-state index in [0.717, 1.165) is 11.3 Å². The van der Waals surface area contributed by atoms with Gasteiger partial charge in [-0.15, -0.1) is 0 Å². The molecule has 94 valence electrons. The predicted octanol–water partition coefficient (Wildman–Crippen LogP) is 1.64. The molecule has 0 radical (unpaired) electrons. The van der Waals surface area contributed by atoms with Crippen molar-refractivity contribution < 1.29 is 0 Å². The molecule has 1 saturated carbocycles. The first-order chi connectivity index (χ1) is 8.11. The van der Waals surface area contributed by atoms with Crippen molar-refractivity contribution in [2.75, 3.05) is 0 Å². The smallest absolute Gasteiger partial charge is 0.271 e. The van der Waals surface area contributed by atoms with Crippen LogP contribution in [0.15, 0.2) is 10.9 Å². The normalized spacial score (nSPS) is 15.5. The van der Waals surface area contributed by atoms with Crippen LogP contribution in [-0.4, -0.2) is 15.8 Å². The van der Waals surface area contributed by atoms with Crippen LogP contribution in [0.2, 0.25) is 0 Å². The molecule has 1 N–H and O–H groups in total. The van der Waals surface area contributed by atoms with E-state index in [2.05, 4.69) is 24.3 Å². The SMILES string of the molecule is CCn1nc(C(C)C)cc(CNC2CC2)c1=O. The zero-order chi connectivity index (χ0) is 12.4. The number of aromatic nitrogens is 2. The minimum absolute atomic E-state index is 0.0463. The zero-order valence-electron chi connectivity index (χ0n) is 10.9. The fraction of sp³-hybridized carbons (Fsp3) is 0.692. The van der Waals surface area contributed by atoms with Gasteiger partial charge in [0.05, 0.1) is 5.69 Å². The quantitative estimate of drug-likeness (QED) is 0.844. The Morgan fingerprint density at radius 1 is 1.53 bits per heavy atom. The summed E-state index contributed by atoms with van der Waals surface area (Å²) in [7, 11) is 0. The van der Waals surface area contributed by atoms with Gasteiger partial charge in [0, 0.05) is 24.7 Å². The summed E-state index contributed by atoms with van der Waals surface area (Å²) in [5, 5.41) is 7.76. The van der Waals surface area contributed by atoms with Crippen molar-refractivity contribution in [3.05, 3.63) is 27.7 Å². The number of nitrogens with one attached hydrogen (secondary N) is 1. The summed E-state index contributed by atoms with van der Waals surface area (Å²) in [4.78, 5) is 12.1. The van der Waals surface area contributed by atoms with Crippen LogP contribution in [-0.2, 0) is 13.1 Å². The first-order valence-electron chi connectivity index (χ1n) is 6.46. The Kier molecular flexibility index (Phi) is 3.62. The van der Waals surface area contributed by atoms with Gasteiger partial charge in [-0.05, 0) is 31.7 Å². The van der Waals surface area contributed by atoms with E-state index < -0.39 is 0 Å². The van der Waals surface area contributed by atoms with Crippen molar-refractivity contribution in [3.63, 3.8) is 0 Å². The minimum atomic E-state index is 0.0463. The Labute approximate surface area is 102 Å². The molecule has 0 aliphatic heterocycles. The highest BCUT2D eigenvalue weighted by Gasteiger charge is 2.21. The molecule has 4 heteroatoms. The van der Waals surface area contributed by atoms with Gasteiger partial charge in [0.15, 0.2) is 0 Å². The summed E-state index contributed by atoms with van der Waals surface area (Å²) < 4.78 is 1.57. The molecule has 1 aliphatic rings. The summed E-state index contributed by atoms with van der Waals surface area (Å²) in [6.45, 7) is 7.47. The molecule has 1 heterocycles. The lowest BCUT2D eigenvalue weighted by molar-refractivity contribution is 0.567. The lowest BCUT2D eigenvalue weighted by Gasteiger charge is -2.11. The second-order valence-electron chi connectivity index (χ2n) is 5.03. The molecular formula is C13H21N3O. The fourth-order valence-corrected chi connectivity index (χ4v) is 1.78. The van der Waals surface area contributed by atoms with Crippen LogP contribution < -0.4 is 10.9 Å². The Bertz CT molecular complexity index is 446. The first kappa shape index (κ1) is 12.3. The Hall–Kier alpha value is -1.16. The molecule has 0 aromatic carbocycles. The van der Waals surface area contributed by atoms with Gasteiger partial charge in [0.25, 0.3) is 5.56 Å². The maximum atomic E-state index is 12.1. The van der Waals surface area contributed by atoms with Crippen LogP contribution in [0, 0.1) is 0 Å². The van der Waals surface area contributed by atoms with Crippen molar-refractivity contribution in [2.45, 2.75) is 58.7 Å². The molecule has 1 aliphatic carbocycles. The van der Waals surface area contributed by atoms with E-state index in [1.54, 1.807) is 4.68 Å². The third-order valence-corrected chi connectivity index (χ3v) is 3.12. The minimum Gasteiger partial charge on any atom is -0.310 e. The predicted molar refractivity (Wildman–Crippen MR) is 68.1 cm³/mol. The molecule has 0 amide bonds. The van der Waals surface area contributed by atoms with E-state index in [1.807, 2.05) is 13.0 Å². The molecule has 1 fully saturated rings. The van der Waals surface area contributed by atoms with E-state index in [0.29, 0.717) is 25.0 Å². The average molecular weight is 235 g/mol. The largest absolute Gasteiger partial charge is 0.310 e. The van der Waals surface area contributed by atoms with Crippen LogP contribution in [0.5, 0.6) is 0 Å². The molecule has 0 unspecified atom stereocenters. The van der Waals surface area contributed by atoms with E-state index in [4.69, 9.17) is 0 Å². The standard InChI is InChI=1S/C13H21N3O/c1-4-16-13(17)10(8-14-11-5-6-11)7-12(15-16)9(2)3/h7,9,11,14H,4-6,8H2,1-3H3. The summed E-state index contributed by atoms with van der Waals surface area (Å²) in [5.41, 5.74) is 1.89. The maximum absolute atomic E-state index is 12.1. The third kappa shape index (κ3) is 2.94. The van der Waals surface area contributed by atoms with Crippen molar-refractivity contribution >= 4 is 0 Å². The van der Waals surface area contributed by atoms with E-state index in [9.17, 15) is 4.79 Å². The zero-order valence-corrected chi connectivity index (χ0v) is 10.9. The van der Waals surface area contributed by atoms with Gasteiger partial charge in [-0.1, -0.05) is 13.8 Å². The van der Waals surface area contributed by atoms with E-state index in [1.165, 1.54) is 12.8 Å². The highest BCUT2D eigenvalue weighted by atomic mass is 16.1. The van der Waals surface area contributed by atoms with E-state index in [-0.39, 0.29) is 5.56 Å². The second kappa shape index (κ2) is 5.00. The molecule has 1 aromatic rings. The van der Waals surface area contributed by atoms with Crippen molar-refractivity contribution in [1.82, 2.24) is 15.1 Å². The Morgan fingerprint density at radius 2 is 2.24 bits per heavy atom. The molecule has 0 atom stereocenters. The average Bonchev–Trinajstić information content (AvgIpc) is 3.11. The lowest BCUT2D eigenvalue weighted by Crippen LogP contribution is -2.30. The summed E-state index contributed by atoms with van der Waals surface area (Å²) in [5.74, 6) is 0.355. The number of aryl methyl sites for hydroxylation is 1. The van der Waals surface area contributed by atoms with Gasteiger partial charge in [0.1, 0.15) is 0 Å². The Balaban J connectivity index is 2.26. The number of nitrogens with zero attached hydrogens (tertiary/aromatic N) is 2. The molecule has 2 rings (SSSR count). The maximum Gasteiger partial charge on any atom is 0.271 e. The molecule has 17 heavy (non-hydrogen) atoms. The molecule has 1 aromatic heterocycles. The van der Waals surface area contributed by atoms with Crippen LogP contribution in [0.25, 0.3) is 0 Å². The number of rotatable bonds is 5. The summed E-state index contributed by atoms with van der Waals surface area (Å²) in [6.07, 6.45) is 2.48. The van der Waals surface area contributed by atoms with E-state index >= 15 is 0 Å². The monoisotopic (exact) mass is 235 g/mol. The molecule has 0 saturated heterocycles. The molecule has 0 spiro atoms.